The van der Waals surface area contributed by atoms with Crippen LogP contribution in [0.1, 0.15) is 12.6 Å². The van der Waals surface area contributed by atoms with Gasteiger partial charge in [-0.1, -0.05) is 25.1 Å². The van der Waals surface area contributed by atoms with Crippen molar-refractivity contribution in [3.63, 3.8) is 0 Å². The van der Waals surface area contributed by atoms with E-state index in [1.54, 1.807) is 11.3 Å². The fraction of sp³-hybridized carbons (Fsp3) is 0.182. The summed E-state index contributed by atoms with van der Waals surface area (Å²) >= 11 is 1.65. The minimum absolute atomic E-state index is 0.966. The predicted octanol–water partition coefficient (Wildman–Crippen LogP) is 3.45. The Balaban J connectivity index is 2.11. The summed E-state index contributed by atoms with van der Waals surface area (Å²) in [5.74, 6) is 0. The molecule has 0 unspecified atom stereocenters. The predicted molar refractivity (Wildman–Crippen MR) is 61.2 cm³/mol. The smallest absolute Gasteiger partial charge is 0.187 e. The van der Waals surface area contributed by atoms with Crippen molar-refractivity contribution >= 4 is 22.2 Å². The van der Waals surface area contributed by atoms with E-state index in [9.17, 15) is 0 Å². The van der Waals surface area contributed by atoms with Crippen LogP contribution in [0.15, 0.2) is 35.7 Å². The number of hydrogen-bond acceptors (Lipinski definition) is 3. The first-order chi connectivity index (χ1) is 6.88. The molecule has 0 aliphatic rings. The maximum absolute atomic E-state index is 4.43. The average molecular weight is 204 g/mol. The number of aromatic nitrogens is 1. The second-order valence-corrected chi connectivity index (χ2v) is 3.85. The molecule has 0 atom stereocenters. The molecule has 1 aromatic carbocycles. The van der Waals surface area contributed by atoms with E-state index in [0.29, 0.717) is 0 Å². The molecule has 0 aliphatic carbocycles. The normalized spacial score (nSPS) is 10.1. The van der Waals surface area contributed by atoms with E-state index in [-0.39, 0.29) is 0 Å². The number of para-hydroxylation sites is 1. The summed E-state index contributed by atoms with van der Waals surface area (Å²) in [7, 11) is 0. The van der Waals surface area contributed by atoms with E-state index in [1.807, 2.05) is 30.3 Å². The van der Waals surface area contributed by atoms with Gasteiger partial charge in [-0.15, -0.1) is 11.3 Å². The summed E-state index contributed by atoms with van der Waals surface area (Å²) in [5.41, 5.74) is 2.23. The molecule has 1 N–H and O–H groups in total. The zero-order valence-corrected chi connectivity index (χ0v) is 8.84. The molecule has 0 fully saturated rings. The summed E-state index contributed by atoms with van der Waals surface area (Å²) in [5, 5.41) is 6.32. The van der Waals surface area contributed by atoms with Gasteiger partial charge in [-0.25, -0.2) is 4.98 Å². The number of nitrogens with one attached hydrogen (secondary N) is 1. The van der Waals surface area contributed by atoms with Crippen LogP contribution >= 0.6 is 11.3 Å². The van der Waals surface area contributed by atoms with Gasteiger partial charge in [0.05, 0.1) is 5.69 Å². The Morgan fingerprint density at radius 1 is 1.29 bits per heavy atom. The van der Waals surface area contributed by atoms with Gasteiger partial charge in [0.15, 0.2) is 5.13 Å². The van der Waals surface area contributed by atoms with Crippen LogP contribution in [0.3, 0.4) is 0 Å². The minimum Gasteiger partial charge on any atom is -0.332 e. The van der Waals surface area contributed by atoms with E-state index in [0.717, 1.165) is 22.9 Å². The lowest BCUT2D eigenvalue weighted by Crippen LogP contribution is -1.89. The lowest BCUT2D eigenvalue weighted by atomic mass is 10.3. The van der Waals surface area contributed by atoms with Crippen LogP contribution in [0.5, 0.6) is 0 Å². The first-order valence-corrected chi connectivity index (χ1v) is 5.53. The average Bonchev–Trinajstić information content (AvgIpc) is 2.67. The Morgan fingerprint density at radius 3 is 2.71 bits per heavy atom. The van der Waals surface area contributed by atoms with Crippen molar-refractivity contribution in [1.29, 1.82) is 0 Å². The third-order valence-corrected chi connectivity index (χ3v) is 2.75. The molecule has 0 saturated carbocycles. The number of rotatable bonds is 3. The number of thiazole rings is 1. The van der Waals surface area contributed by atoms with Gasteiger partial charge in [0.1, 0.15) is 0 Å². The Morgan fingerprint density at radius 2 is 2.07 bits per heavy atom. The summed E-state index contributed by atoms with van der Waals surface area (Å²) in [6, 6.07) is 10.1. The summed E-state index contributed by atoms with van der Waals surface area (Å²) in [6.07, 6.45) is 0.993. The van der Waals surface area contributed by atoms with E-state index in [1.165, 1.54) is 0 Å². The van der Waals surface area contributed by atoms with Gasteiger partial charge >= 0.3 is 0 Å². The molecule has 0 spiro atoms. The number of nitrogens with zero attached hydrogens (tertiary/aromatic N) is 1. The zero-order chi connectivity index (χ0) is 9.80. The fourth-order valence-electron chi connectivity index (χ4n) is 1.17. The van der Waals surface area contributed by atoms with Gasteiger partial charge in [0, 0.05) is 11.1 Å². The lowest BCUT2D eigenvalue weighted by molar-refractivity contribution is 1.06. The Bertz CT molecular complexity index is 395. The van der Waals surface area contributed by atoms with Crippen LogP contribution in [-0.2, 0) is 6.42 Å². The van der Waals surface area contributed by atoms with Gasteiger partial charge in [-0.05, 0) is 18.6 Å². The van der Waals surface area contributed by atoms with E-state index < -0.39 is 0 Å². The summed E-state index contributed by atoms with van der Waals surface area (Å²) in [6.45, 7) is 2.11. The first kappa shape index (κ1) is 9.21. The topological polar surface area (TPSA) is 24.9 Å². The van der Waals surface area contributed by atoms with Crippen molar-refractivity contribution in [3.05, 3.63) is 41.4 Å². The molecule has 1 heterocycles. The first-order valence-electron chi connectivity index (χ1n) is 4.65. The van der Waals surface area contributed by atoms with Gasteiger partial charge in [0.25, 0.3) is 0 Å². The molecule has 0 radical (unpaired) electrons. The Hall–Kier alpha value is -1.35. The highest BCUT2D eigenvalue weighted by Gasteiger charge is 1.99. The standard InChI is InChI=1S/C11H12N2S/c1-2-9-8-14-11(12-9)13-10-6-4-3-5-7-10/h3-8H,2H2,1H3,(H,12,13). The van der Waals surface area contributed by atoms with Crippen LogP contribution in [0.4, 0.5) is 10.8 Å². The summed E-state index contributed by atoms with van der Waals surface area (Å²) < 4.78 is 0. The molecule has 2 aromatic rings. The quantitative estimate of drug-likeness (QED) is 0.828. The number of hydrogen-bond donors (Lipinski definition) is 1. The van der Waals surface area contributed by atoms with Gasteiger partial charge < -0.3 is 5.32 Å². The Labute approximate surface area is 87.6 Å². The molecule has 0 saturated heterocycles. The second-order valence-electron chi connectivity index (χ2n) is 2.99. The van der Waals surface area contributed by atoms with Crippen LogP contribution in [-0.4, -0.2) is 4.98 Å². The highest BCUT2D eigenvalue weighted by atomic mass is 32.1. The SMILES string of the molecule is CCc1csc(Nc2ccccc2)n1. The van der Waals surface area contributed by atoms with Gasteiger partial charge in [-0.3, -0.25) is 0 Å². The molecule has 0 amide bonds. The number of benzene rings is 1. The van der Waals surface area contributed by atoms with Crippen molar-refractivity contribution in [3.8, 4) is 0 Å². The highest BCUT2D eigenvalue weighted by Crippen LogP contribution is 2.20. The molecular formula is C11H12N2S. The van der Waals surface area contributed by atoms with E-state index >= 15 is 0 Å². The minimum atomic E-state index is 0.966. The number of aryl methyl sites for hydroxylation is 1. The molecule has 72 valence electrons. The molecule has 0 bridgehead atoms. The van der Waals surface area contributed by atoms with Crippen molar-refractivity contribution in [1.82, 2.24) is 4.98 Å². The molecule has 1 aromatic heterocycles. The van der Waals surface area contributed by atoms with Crippen molar-refractivity contribution < 1.29 is 0 Å². The third-order valence-electron chi connectivity index (χ3n) is 1.94. The van der Waals surface area contributed by atoms with E-state index in [2.05, 4.69) is 22.6 Å². The van der Waals surface area contributed by atoms with Gasteiger partial charge in [-0.2, -0.15) is 0 Å². The monoisotopic (exact) mass is 204 g/mol. The van der Waals surface area contributed by atoms with Crippen LogP contribution in [0, 0.1) is 0 Å². The van der Waals surface area contributed by atoms with Crippen LogP contribution in [0.25, 0.3) is 0 Å². The molecular weight excluding hydrogens is 192 g/mol. The fourth-order valence-corrected chi connectivity index (χ4v) is 1.99. The molecule has 3 heteroatoms. The molecule has 0 aliphatic heterocycles. The Kier molecular flexibility index (Phi) is 2.79. The largest absolute Gasteiger partial charge is 0.332 e. The van der Waals surface area contributed by atoms with Gasteiger partial charge in [0.2, 0.25) is 0 Å². The van der Waals surface area contributed by atoms with E-state index in [4.69, 9.17) is 0 Å². The summed E-state index contributed by atoms with van der Waals surface area (Å²) in [4.78, 5) is 4.43. The van der Waals surface area contributed by atoms with Crippen molar-refractivity contribution in [2.75, 3.05) is 5.32 Å². The highest BCUT2D eigenvalue weighted by molar-refractivity contribution is 7.13. The van der Waals surface area contributed by atoms with Crippen molar-refractivity contribution in [2.45, 2.75) is 13.3 Å². The maximum atomic E-state index is 4.43. The van der Waals surface area contributed by atoms with Crippen LogP contribution < -0.4 is 5.32 Å². The molecule has 14 heavy (non-hydrogen) atoms. The number of anilines is 2. The lowest BCUT2D eigenvalue weighted by Gasteiger charge is -2.00. The van der Waals surface area contributed by atoms with Crippen LogP contribution in [0.2, 0.25) is 0 Å². The molecule has 2 rings (SSSR count). The second kappa shape index (κ2) is 4.24. The third kappa shape index (κ3) is 2.12. The molecule has 2 nitrogen and oxygen atoms in total. The maximum Gasteiger partial charge on any atom is 0.187 e. The van der Waals surface area contributed by atoms with Crippen molar-refractivity contribution in [2.24, 2.45) is 0 Å². The zero-order valence-electron chi connectivity index (χ0n) is 8.03.